The summed E-state index contributed by atoms with van der Waals surface area (Å²) >= 11 is 7.43. The zero-order valence-corrected chi connectivity index (χ0v) is 19.5. The molecule has 3 aromatic rings. The molecule has 1 aliphatic carbocycles. The van der Waals surface area contributed by atoms with Gasteiger partial charge in [-0.2, -0.15) is 5.26 Å². The lowest BCUT2D eigenvalue weighted by atomic mass is 9.88. The Morgan fingerprint density at radius 1 is 1.25 bits per heavy atom. The zero-order valence-electron chi connectivity index (χ0n) is 17.9. The molecule has 5 nitrogen and oxygen atoms in total. The Morgan fingerprint density at radius 3 is 2.75 bits per heavy atom. The van der Waals surface area contributed by atoms with Crippen molar-refractivity contribution in [1.29, 1.82) is 5.26 Å². The number of nitrogens with zero attached hydrogens (tertiary/aromatic N) is 1. The highest BCUT2D eigenvalue weighted by molar-refractivity contribution is 7.16. The minimum absolute atomic E-state index is 0.282. The molecule has 0 saturated heterocycles. The van der Waals surface area contributed by atoms with Gasteiger partial charge in [0.25, 0.3) is 5.91 Å². The Balaban J connectivity index is 1.50. The summed E-state index contributed by atoms with van der Waals surface area (Å²) < 4.78 is 11.3. The highest BCUT2D eigenvalue weighted by Crippen LogP contribution is 2.39. The fraction of sp³-hybridized carbons (Fsp3) is 0.280. The molecule has 0 spiro atoms. The van der Waals surface area contributed by atoms with Crippen LogP contribution in [0.2, 0.25) is 5.02 Å². The lowest BCUT2D eigenvalue weighted by Gasteiger charge is -2.17. The largest absolute Gasteiger partial charge is 0.493 e. The van der Waals surface area contributed by atoms with Crippen LogP contribution in [0.25, 0.3) is 0 Å². The average Bonchev–Trinajstić information content (AvgIpc) is 3.14. The second kappa shape index (κ2) is 9.64. The molecule has 0 fully saturated rings. The molecule has 4 rings (SSSR count). The average molecular weight is 467 g/mol. The van der Waals surface area contributed by atoms with E-state index >= 15 is 0 Å². The van der Waals surface area contributed by atoms with Crippen molar-refractivity contribution in [1.82, 2.24) is 0 Å². The molecule has 2 aromatic carbocycles. The quantitative estimate of drug-likeness (QED) is 0.466. The number of ether oxygens (including phenoxy) is 2. The van der Waals surface area contributed by atoms with E-state index in [1.807, 2.05) is 24.3 Å². The number of hydrogen-bond acceptors (Lipinski definition) is 5. The van der Waals surface area contributed by atoms with Crippen molar-refractivity contribution in [2.24, 2.45) is 5.92 Å². The zero-order chi connectivity index (χ0) is 22.7. The number of hydrogen-bond donors (Lipinski definition) is 1. The van der Waals surface area contributed by atoms with Gasteiger partial charge in [0.1, 0.15) is 17.7 Å². The molecule has 7 heteroatoms. The van der Waals surface area contributed by atoms with E-state index in [0.717, 1.165) is 30.4 Å². The molecule has 1 aromatic heterocycles. The summed E-state index contributed by atoms with van der Waals surface area (Å²) in [4.78, 5) is 14.1. The predicted octanol–water partition coefficient (Wildman–Crippen LogP) is 6.24. The summed E-state index contributed by atoms with van der Waals surface area (Å²) in [5.41, 5.74) is 3.09. The number of benzene rings is 2. The molecule has 164 valence electrons. The van der Waals surface area contributed by atoms with Crippen molar-refractivity contribution < 1.29 is 14.3 Å². The van der Waals surface area contributed by atoms with E-state index in [1.165, 1.54) is 23.3 Å². The molecule has 0 aliphatic heterocycles. The second-order valence-corrected chi connectivity index (χ2v) is 9.44. The van der Waals surface area contributed by atoms with Crippen molar-refractivity contribution in [3.63, 3.8) is 0 Å². The highest BCUT2D eigenvalue weighted by atomic mass is 35.5. The van der Waals surface area contributed by atoms with Crippen LogP contribution in [0.5, 0.6) is 11.5 Å². The summed E-state index contributed by atoms with van der Waals surface area (Å²) in [7, 11) is 1.54. The maximum Gasteiger partial charge on any atom is 0.256 e. The first kappa shape index (κ1) is 22.2. The van der Waals surface area contributed by atoms with Gasteiger partial charge in [0.15, 0.2) is 11.5 Å². The fourth-order valence-electron chi connectivity index (χ4n) is 3.80. The number of anilines is 1. The first-order chi connectivity index (χ1) is 15.5. The molecule has 1 amide bonds. The van der Waals surface area contributed by atoms with E-state index in [1.54, 1.807) is 18.2 Å². The van der Waals surface area contributed by atoms with Crippen LogP contribution in [0, 0.1) is 17.2 Å². The predicted molar refractivity (Wildman–Crippen MR) is 127 cm³/mol. The van der Waals surface area contributed by atoms with Crippen LogP contribution in [-0.4, -0.2) is 13.0 Å². The van der Waals surface area contributed by atoms with Gasteiger partial charge < -0.3 is 14.8 Å². The van der Waals surface area contributed by atoms with Gasteiger partial charge in [-0.25, -0.2) is 0 Å². The van der Waals surface area contributed by atoms with E-state index in [-0.39, 0.29) is 5.91 Å². The van der Waals surface area contributed by atoms with Crippen LogP contribution in [0.1, 0.15) is 45.3 Å². The standard InChI is InChI=1S/C25H23ClN2O3S/c1-15-3-9-19-20(13-27)25(32-23(19)11-15)28-24(29)17-6-10-21(22(12-17)30-2)31-14-16-4-7-18(26)8-5-16/h4-8,10,12,15H,3,9,11,14H2,1-2H3,(H,28,29)/t15-/m0/s1. The number of fused-ring (bicyclic) bond motifs is 1. The van der Waals surface area contributed by atoms with Crippen LogP contribution in [-0.2, 0) is 19.4 Å². The summed E-state index contributed by atoms with van der Waals surface area (Å²) in [6.07, 6.45) is 2.91. The molecule has 1 aliphatic rings. The fourth-order valence-corrected chi connectivity index (χ4v) is 5.28. The molecule has 0 unspecified atom stereocenters. The number of halogens is 1. The minimum Gasteiger partial charge on any atom is -0.493 e. The molecule has 1 heterocycles. The number of carbonyl (C=O) groups is 1. The molecular formula is C25H23ClN2O3S. The molecular weight excluding hydrogens is 444 g/mol. The van der Waals surface area contributed by atoms with E-state index in [0.29, 0.717) is 45.2 Å². The van der Waals surface area contributed by atoms with Gasteiger partial charge >= 0.3 is 0 Å². The Morgan fingerprint density at radius 2 is 2.03 bits per heavy atom. The van der Waals surface area contributed by atoms with Gasteiger partial charge in [-0.15, -0.1) is 11.3 Å². The molecule has 0 saturated carbocycles. The number of methoxy groups -OCH3 is 1. The van der Waals surface area contributed by atoms with E-state index < -0.39 is 0 Å². The maximum absolute atomic E-state index is 12.9. The van der Waals surface area contributed by atoms with Gasteiger partial charge in [0.05, 0.1) is 12.7 Å². The SMILES string of the molecule is COc1cc(C(=O)Nc2sc3c(c2C#N)CC[C@H](C)C3)ccc1OCc1ccc(Cl)cc1. The summed E-state index contributed by atoms with van der Waals surface area (Å²) in [6.45, 7) is 2.57. The molecule has 1 atom stereocenters. The summed E-state index contributed by atoms with van der Waals surface area (Å²) in [5.74, 6) is 1.32. The third-order valence-corrected chi connectivity index (χ3v) is 7.01. The Hall–Kier alpha value is -3.01. The van der Waals surface area contributed by atoms with Gasteiger partial charge in [-0.05, 0) is 66.6 Å². The minimum atomic E-state index is -0.282. The Kier molecular flexibility index (Phi) is 6.69. The van der Waals surface area contributed by atoms with Crippen molar-refractivity contribution in [2.75, 3.05) is 12.4 Å². The molecule has 32 heavy (non-hydrogen) atoms. The number of nitriles is 1. The monoisotopic (exact) mass is 466 g/mol. The summed E-state index contributed by atoms with van der Waals surface area (Å²) in [5, 5.41) is 13.9. The number of thiophene rings is 1. The van der Waals surface area contributed by atoms with Crippen molar-refractivity contribution in [3.05, 3.63) is 74.6 Å². The normalized spacial score (nSPS) is 14.9. The Bertz CT molecular complexity index is 1180. The summed E-state index contributed by atoms with van der Waals surface area (Å²) in [6, 6.07) is 14.7. The molecule has 0 radical (unpaired) electrons. The van der Waals surface area contributed by atoms with Crippen molar-refractivity contribution in [2.45, 2.75) is 32.8 Å². The lowest BCUT2D eigenvalue weighted by Crippen LogP contribution is -2.12. The van der Waals surface area contributed by atoms with Gasteiger partial charge in [0.2, 0.25) is 0 Å². The second-order valence-electron chi connectivity index (χ2n) is 7.90. The lowest BCUT2D eigenvalue weighted by molar-refractivity contribution is 0.102. The van der Waals surface area contributed by atoms with Crippen LogP contribution >= 0.6 is 22.9 Å². The van der Waals surface area contributed by atoms with Crippen molar-refractivity contribution in [3.8, 4) is 17.6 Å². The van der Waals surface area contributed by atoms with Gasteiger partial charge in [-0.3, -0.25) is 4.79 Å². The number of carbonyl (C=O) groups excluding carboxylic acids is 1. The van der Waals surface area contributed by atoms with E-state index in [2.05, 4.69) is 18.3 Å². The van der Waals surface area contributed by atoms with Crippen LogP contribution in [0.3, 0.4) is 0 Å². The van der Waals surface area contributed by atoms with Gasteiger partial charge in [0, 0.05) is 15.5 Å². The van der Waals surface area contributed by atoms with Crippen LogP contribution in [0.4, 0.5) is 5.00 Å². The number of rotatable bonds is 6. The van der Waals surface area contributed by atoms with E-state index in [4.69, 9.17) is 21.1 Å². The number of nitrogens with one attached hydrogen (secondary N) is 1. The third kappa shape index (κ3) is 4.74. The molecule has 1 N–H and O–H groups in total. The maximum atomic E-state index is 12.9. The smallest absolute Gasteiger partial charge is 0.256 e. The van der Waals surface area contributed by atoms with E-state index in [9.17, 15) is 10.1 Å². The van der Waals surface area contributed by atoms with Gasteiger partial charge in [-0.1, -0.05) is 30.7 Å². The van der Waals surface area contributed by atoms with Crippen LogP contribution < -0.4 is 14.8 Å². The molecule has 0 bridgehead atoms. The Labute approximate surface area is 196 Å². The first-order valence-corrected chi connectivity index (χ1v) is 11.6. The van der Waals surface area contributed by atoms with Crippen LogP contribution in [0.15, 0.2) is 42.5 Å². The third-order valence-electron chi connectivity index (χ3n) is 5.58. The first-order valence-electron chi connectivity index (χ1n) is 10.4. The number of amides is 1. The highest BCUT2D eigenvalue weighted by Gasteiger charge is 2.25. The topological polar surface area (TPSA) is 71.3 Å². The van der Waals surface area contributed by atoms with Crippen molar-refractivity contribution >= 4 is 33.8 Å².